The van der Waals surface area contributed by atoms with Crippen LogP contribution in [0, 0.1) is 0 Å². The molecule has 0 saturated heterocycles. The van der Waals surface area contributed by atoms with Gasteiger partial charge in [0.25, 0.3) is 0 Å². The van der Waals surface area contributed by atoms with Gasteiger partial charge >= 0.3 is 0 Å². The number of carbonyl (C=O) groups is 1. The van der Waals surface area contributed by atoms with E-state index >= 15 is 0 Å². The molecule has 0 atom stereocenters. The van der Waals surface area contributed by atoms with Crippen LogP contribution in [0.5, 0.6) is 0 Å². The average molecular weight is 233 g/mol. The Bertz CT molecular complexity index is 375. The Morgan fingerprint density at radius 2 is 2.24 bits per heavy atom. The van der Waals surface area contributed by atoms with Crippen LogP contribution in [-0.2, 0) is 6.54 Å². The Labute approximate surface area is 102 Å². The molecular formula is C13H19N3O. The van der Waals surface area contributed by atoms with Crippen molar-refractivity contribution in [3.05, 3.63) is 41.7 Å². The van der Waals surface area contributed by atoms with E-state index in [1.165, 1.54) is 0 Å². The lowest BCUT2D eigenvalue weighted by molar-refractivity contribution is 0.112. The van der Waals surface area contributed by atoms with Crippen LogP contribution in [0.15, 0.2) is 30.5 Å². The molecule has 1 aromatic rings. The summed E-state index contributed by atoms with van der Waals surface area (Å²) in [6.07, 6.45) is 6.69. The first kappa shape index (κ1) is 13.5. The summed E-state index contributed by atoms with van der Waals surface area (Å²) in [4.78, 5) is 16.9. The molecule has 0 aliphatic heterocycles. The molecule has 0 amide bonds. The summed E-state index contributed by atoms with van der Waals surface area (Å²) in [6, 6.07) is 3.50. The maximum atomic E-state index is 10.6. The third kappa shape index (κ3) is 5.94. The smallest absolute Gasteiger partial charge is 0.150 e. The fourth-order valence-electron chi connectivity index (χ4n) is 1.32. The van der Waals surface area contributed by atoms with Gasteiger partial charge in [-0.05, 0) is 26.2 Å². The molecule has 0 radical (unpaired) electrons. The standard InChI is InChI=1S/C13H19N3O/c1-16(2)8-4-3-6-14-10-13-9-12(11-17)5-7-15-13/h3-5,7,9,11,14H,6,8,10H2,1-2H3/b4-3+. The van der Waals surface area contributed by atoms with E-state index in [0.717, 1.165) is 25.1 Å². The minimum absolute atomic E-state index is 0.667. The molecule has 0 bridgehead atoms. The van der Waals surface area contributed by atoms with Crippen LogP contribution in [0.3, 0.4) is 0 Å². The van der Waals surface area contributed by atoms with E-state index in [-0.39, 0.29) is 0 Å². The number of aromatic nitrogens is 1. The monoisotopic (exact) mass is 233 g/mol. The number of hydrogen-bond acceptors (Lipinski definition) is 4. The minimum Gasteiger partial charge on any atom is -0.308 e. The molecule has 17 heavy (non-hydrogen) atoms. The van der Waals surface area contributed by atoms with Crippen molar-refractivity contribution in [3.63, 3.8) is 0 Å². The topological polar surface area (TPSA) is 45.2 Å². The van der Waals surface area contributed by atoms with Gasteiger partial charge in [-0.25, -0.2) is 0 Å². The summed E-state index contributed by atoms with van der Waals surface area (Å²) in [7, 11) is 4.07. The first-order valence-corrected chi connectivity index (χ1v) is 5.63. The number of nitrogens with zero attached hydrogens (tertiary/aromatic N) is 2. The van der Waals surface area contributed by atoms with E-state index in [0.29, 0.717) is 12.1 Å². The van der Waals surface area contributed by atoms with Crippen LogP contribution >= 0.6 is 0 Å². The number of carbonyl (C=O) groups excluding carboxylic acids is 1. The highest BCUT2D eigenvalue weighted by Gasteiger charge is 1.95. The normalized spacial score (nSPS) is 11.2. The fraction of sp³-hybridized carbons (Fsp3) is 0.385. The summed E-state index contributed by atoms with van der Waals surface area (Å²) >= 11 is 0. The van der Waals surface area contributed by atoms with E-state index in [4.69, 9.17) is 0 Å². The molecule has 92 valence electrons. The van der Waals surface area contributed by atoms with Crippen molar-refractivity contribution in [1.82, 2.24) is 15.2 Å². The predicted molar refractivity (Wildman–Crippen MR) is 69.0 cm³/mol. The minimum atomic E-state index is 0.667. The number of pyridine rings is 1. The highest BCUT2D eigenvalue weighted by atomic mass is 16.1. The molecule has 0 unspecified atom stereocenters. The summed E-state index contributed by atoms with van der Waals surface area (Å²) < 4.78 is 0. The fourth-order valence-corrected chi connectivity index (χ4v) is 1.32. The van der Waals surface area contributed by atoms with E-state index in [9.17, 15) is 4.79 Å². The van der Waals surface area contributed by atoms with Crippen molar-refractivity contribution in [2.24, 2.45) is 0 Å². The van der Waals surface area contributed by atoms with Gasteiger partial charge in [0, 0.05) is 31.4 Å². The largest absolute Gasteiger partial charge is 0.308 e. The lowest BCUT2D eigenvalue weighted by atomic mass is 10.2. The summed E-state index contributed by atoms with van der Waals surface area (Å²) in [6.45, 7) is 2.43. The SMILES string of the molecule is CN(C)C/C=C/CNCc1cc(C=O)ccn1. The molecule has 0 aromatic carbocycles. The van der Waals surface area contributed by atoms with Crippen LogP contribution in [0.4, 0.5) is 0 Å². The maximum Gasteiger partial charge on any atom is 0.150 e. The van der Waals surface area contributed by atoms with Crippen molar-refractivity contribution in [3.8, 4) is 0 Å². The van der Waals surface area contributed by atoms with Gasteiger partial charge in [0.15, 0.2) is 0 Å². The molecule has 1 N–H and O–H groups in total. The van der Waals surface area contributed by atoms with Crippen molar-refractivity contribution in [2.45, 2.75) is 6.54 Å². The maximum absolute atomic E-state index is 10.6. The number of likely N-dealkylation sites (N-methyl/N-ethyl adjacent to an activating group) is 1. The zero-order chi connectivity index (χ0) is 12.5. The van der Waals surface area contributed by atoms with E-state index in [1.807, 2.05) is 14.1 Å². The van der Waals surface area contributed by atoms with Gasteiger partial charge in [-0.3, -0.25) is 9.78 Å². The van der Waals surface area contributed by atoms with Gasteiger partial charge in [-0.2, -0.15) is 0 Å². The highest BCUT2D eigenvalue weighted by molar-refractivity contribution is 5.74. The number of aldehydes is 1. The van der Waals surface area contributed by atoms with Crippen LogP contribution in [-0.4, -0.2) is 43.4 Å². The number of nitrogens with one attached hydrogen (secondary N) is 1. The van der Waals surface area contributed by atoms with E-state index < -0.39 is 0 Å². The second kappa shape index (κ2) is 7.70. The first-order chi connectivity index (χ1) is 8.22. The molecule has 0 saturated carbocycles. The zero-order valence-corrected chi connectivity index (χ0v) is 10.4. The predicted octanol–water partition coefficient (Wildman–Crippen LogP) is 1.10. The van der Waals surface area contributed by atoms with Crippen LogP contribution in [0.25, 0.3) is 0 Å². The highest BCUT2D eigenvalue weighted by Crippen LogP contribution is 1.98. The van der Waals surface area contributed by atoms with Gasteiger partial charge in [0.1, 0.15) is 6.29 Å². The zero-order valence-electron chi connectivity index (χ0n) is 10.4. The second-order valence-corrected chi connectivity index (χ2v) is 4.06. The molecule has 0 fully saturated rings. The Morgan fingerprint density at radius 1 is 1.41 bits per heavy atom. The average Bonchev–Trinajstić information content (AvgIpc) is 2.33. The summed E-state index contributed by atoms with van der Waals surface area (Å²) in [5.41, 5.74) is 1.55. The second-order valence-electron chi connectivity index (χ2n) is 4.06. The van der Waals surface area contributed by atoms with Gasteiger partial charge < -0.3 is 10.2 Å². The molecule has 4 nitrogen and oxygen atoms in total. The number of hydrogen-bond donors (Lipinski definition) is 1. The molecule has 0 aliphatic rings. The third-order valence-electron chi connectivity index (χ3n) is 2.18. The molecule has 1 rings (SSSR count). The van der Waals surface area contributed by atoms with Gasteiger partial charge in [0.05, 0.1) is 5.69 Å². The molecule has 1 aromatic heterocycles. The van der Waals surface area contributed by atoms with Crippen LogP contribution < -0.4 is 5.32 Å². The van der Waals surface area contributed by atoms with E-state index in [1.54, 1.807) is 18.3 Å². The number of rotatable bonds is 7. The van der Waals surface area contributed by atoms with Crippen molar-refractivity contribution in [1.29, 1.82) is 0 Å². The first-order valence-electron chi connectivity index (χ1n) is 5.63. The molecule has 0 aliphatic carbocycles. The lowest BCUT2D eigenvalue weighted by Gasteiger charge is -2.04. The summed E-state index contributed by atoms with van der Waals surface area (Å²) in [5.74, 6) is 0. The van der Waals surface area contributed by atoms with Gasteiger partial charge in [-0.1, -0.05) is 12.2 Å². The molecule has 0 spiro atoms. The van der Waals surface area contributed by atoms with Crippen LogP contribution in [0.1, 0.15) is 16.1 Å². The Kier molecular flexibility index (Phi) is 6.14. The van der Waals surface area contributed by atoms with Crippen molar-refractivity contribution >= 4 is 6.29 Å². The van der Waals surface area contributed by atoms with Crippen molar-refractivity contribution < 1.29 is 4.79 Å². The van der Waals surface area contributed by atoms with Gasteiger partial charge in [0.2, 0.25) is 0 Å². The summed E-state index contributed by atoms with van der Waals surface area (Å²) in [5, 5.41) is 3.24. The quantitative estimate of drug-likeness (QED) is 0.435. The third-order valence-corrected chi connectivity index (χ3v) is 2.18. The molecular weight excluding hydrogens is 214 g/mol. The Balaban J connectivity index is 2.26. The van der Waals surface area contributed by atoms with E-state index in [2.05, 4.69) is 27.4 Å². The Morgan fingerprint density at radius 3 is 2.94 bits per heavy atom. The van der Waals surface area contributed by atoms with Crippen LogP contribution in [0.2, 0.25) is 0 Å². The lowest BCUT2D eigenvalue weighted by Crippen LogP contribution is -2.15. The Hall–Kier alpha value is -1.52. The van der Waals surface area contributed by atoms with Gasteiger partial charge in [-0.15, -0.1) is 0 Å². The molecule has 1 heterocycles. The van der Waals surface area contributed by atoms with Crippen molar-refractivity contribution in [2.75, 3.05) is 27.2 Å². The molecule has 4 heteroatoms.